The first-order valence-electron chi connectivity index (χ1n) is 9.98. The molecule has 0 unspecified atom stereocenters. The molecule has 0 saturated heterocycles. The summed E-state index contributed by atoms with van der Waals surface area (Å²) in [6.45, 7) is 10.5. The average Bonchev–Trinajstić information content (AvgIpc) is 3.30. The van der Waals surface area contributed by atoms with E-state index in [2.05, 4.69) is 36.1 Å². The molecule has 0 aliphatic rings. The number of carbonyl (C=O) groups is 1. The first kappa shape index (κ1) is 20.2. The Morgan fingerprint density at radius 1 is 1.20 bits per heavy atom. The second kappa shape index (κ2) is 7.99. The molecule has 0 radical (unpaired) electrons. The van der Waals surface area contributed by atoms with Crippen molar-refractivity contribution in [3.63, 3.8) is 0 Å². The van der Waals surface area contributed by atoms with E-state index in [4.69, 9.17) is 4.98 Å². The second-order valence-corrected chi connectivity index (χ2v) is 8.90. The van der Waals surface area contributed by atoms with Crippen molar-refractivity contribution >= 4 is 32.6 Å². The molecule has 4 rings (SSSR count). The van der Waals surface area contributed by atoms with E-state index in [9.17, 15) is 4.79 Å². The quantitative estimate of drug-likeness (QED) is 0.444. The van der Waals surface area contributed by atoms with Gasteiger partial charge in [0.25, 0.3) is 5.91 Å². The summed E-state index contributed by atoms with van der Waals surface area (Å²) >= 11 is 1.54. The van der Waals surface area contributed by atoms with Gasteiger partial charge >= 0.3 is 0 Å². The summed E-state index contributed by atoms with van der Waals surface area (Å²) < 4.78 is 2.87. The number of thiazole rings is 1. The maximum absolute atomic E-state index is 13.7. The van der Waals surface area contributed by atoms with Crippen LogP contribution in [0.2, 0.25) is 0 Å². The molecule has 0 spiro atoms. The van der Waals surface area contributed by atoms with Crippen molar-refractivity contribution in [3.8, 4) is 0 Å². The number of benzene rings is 1. The van der Waals surface area contributed by atoms with Crippen LogP contribution < -0.4 is 4.90 Å². The molecule has 154 valence electrons. The van der Waals surface area contributed by atoms with Gasteiger partial charge in [-0.15, -0.1) is 0 Å². The van der Waals surface area contributed by atoms with E-state index in [0.29, 0.717) is 17.4 Å². The summed E-state index contributed by atoms with van der Waals surface area (Å²) in [7, 11) is 0. The topological polar surface area (TPSA) is 63.9 Å². The number of anilines is 1. The number of hydrogen-bond acceptors (Lipinski definition) is 5. The van der Waals surface area contributed by atoms with Gasteiger partial charge in [-0.3, -0.25) is 19.4 Å². The van der Waals surface area contributed by atoms with Gasteiger partial charge in [-0.2, -0.15) is 5.10 Å². The molecule has 0 saturated carbocycles. The van der Waals surface area contributed by atoms with Gasteiger partial charge in [0.15, 0.2) is 5.13 Å². The molecule has 1 amide bonds. The van der Waals surface area contributed by atoms with Crippen molar-refractivity contribution in [3.05, 3.63) is 70.8 Å². The third-order valence-electron chi connectivity index (χ3n) is 4.92. The minimum absolute atomic E-state index is 0.0816. The highest BCUT2D eigenvalue weighted by Gasteiger charge is 2.26. The highest BCUT2D eigenvalue weighted by molar-refractivity contribution is 7.22. The van der Waals surface area contributed by atoms with Gasteiger partial charge in [-0.25, -0.2) is 4.98 Å². The highest BCUT2D eigenvalue weighted by Crippen LogP contribution is 2.33. The minimum Gasteiger partial charge on any atom is -0.278 e. The molecule has 1 aromatic carbocycles. The van der Waals surface area contributed by atoms with Gasteiger partial charge in [-0.05, 0) is 69.5 Å². The summed E-state index contributed by atoms with van der Waals surface area (Å²) in [5, 5.41) is 5.20. The zero-order valence-corrected chi connectivity index (χ0v) is 18.7. The molecule has 0 aliphatic carbocycles. The number of pyridine rings is 1. The molecule has 0 fully saturated rings. The lowest BCUT2D eigenvalue weighted by atomic mass is 10.1. The molecule has 0 aliphatic heterocycles. The number of nitrogens with zero attached hydrogens (tertiary/aromatic N) is 5. The van der Waals surface area contributed by atoms with Gasteiger partial charge < -0.3 is 0 Å². The highest BCUT2D eigenvalue weighted by atomic mass is 32.1. The van der Waals surface area contributed by atoms with Crippen LogP contribution in [0.1, 0.15) is 52.8 Å². The lowest BCUT2D eigenvalue weighted by Gasteiger charge is -2.21. The monoisotopic (exact) mass is 419 g/mol. The molecule has 3 aromatic heterocycles. The largest absolute Gasteiger partial charge is 0.278 e. The number of amides is 1. The van der Waals surface area contributed by atoms with Crippen molar-refractivity contribution in [1.82, 2.24) is 19.7 Å². The normalized spacial score (nSPS) is 11.4. The standard InChI is InChI=1S/C23H25N5OS/c1-14(2)28-19(11-17(5)26-28)22(29)27(13-18-7-6-8-24-12-18)23-25-21-16(4)9-15(3)10-20(21)30-23/h6-12,14H,13H2,1-5H3. The predicted octanol–water partition coefficient (Wildman–Crippen LogP) is 5.24. The van der Waals surface area contributed by atoms with Crippen molar-refractivity contribution < 1.29 is 4.79 Å². The summed E-state index contributed by atoms with van der Waals surface area (Å²) in [6, 6.07) is 10.0. The number of carbonyl (C=O) groups excluding carboxylic acids is 1. The van der Waals surface area contributed by atoms with Gasteiger partial charge in [-0.1, -0.05) is 23.5 Å². The Labute approximate surface area is 180 Å². The smallest absolute Gasteiger partial charge is 0.278 e. The van der Waals surface area contributed by atoms with Gasteiger partial charge in [0.1, 0.15) is 5.69 Å². The van der Waals surface area contributed by atoms with Gasteiger partial charge in [0.2, 0.25) is 0 Å². The van der Waals surface area contributed by atoms with Gasteiger partial charge in [0, 0.05) is 18.4 Å². The van der Waals surface area contributed by atoms with Crippen molar-refractivity contribution in [2.24, 2.45) is 0 Å². The Hall–Kier alpha value is -3.06. The van der Waals surface area contributed by atoms with E-state index in [1.807, 2.05) is 39.0 Å². The molecule has 4 aromatic rings. The first-order chi connectivity index (χ1) is 14.3. The number of aryl methyl sites for hydroxylation is 3. The lowest BCUT2D eigenvalue weighted by molar-refractivity contribution is 0.0973. The van der Waals surface area contributed by atoms with Crippen LogP contribution in [0.5, 0.6) is 0 Å². The van der Waals surface area contributed by atoms with Crippen molar-refractivity contribution in [2.75, 3.05) is 4.90 Å². The molecule has 3 heterocycles. The van der Waals surface area contributed by atoms with E-state index in [1.165, 1.54) is 5.56 Å². The summed E-state index contributed by atoms with van der Waals surface area (Å²) in [5.41, 5.74) is 5.59. The molecule has 6 nitrogen and oxygen atoms in total. The van der Waals surface area contributed by atoms with Crippen LogP contribution >= 0.6 is 11.3 Å². The lowest BCUT2D eigenvalue weighted by Crippen LogP contribution is -2.32. The Bertz CT molecular complexity index is 1210. The Balaban J connectivity index is 1.83. The summed E-state index contributed by atoms with van der Waals surface area (Å²) in [6.07, 6.45) is 3.52. The molecule has 0 atom stereocenters. The third-order valence-corrected chi connectivity index (χ3v) is 5.95. The maximum Gasteiger partial charge on any atom is 0.278 e. The Morgan fingerprint density at radius 3 is 2.70 bits per heavy atom. The predicted molar refractivity (Wildman–Crippen MR) is 121 cm³/mol. The van der Waals surface area contributed by atoms with E-state index in [-0.39, 0.29) is 11.9 Å². The fourth-order valence-electron chi connectivity index (χ4n) is 3.58. The molecule has 7 heteroatoms. The molecule has 0 bridgehead atoms. The molecular formula is C23H25N5OS. The van der Waals surface area contributed by atoms with E-state index < -0.39 is 0 Å². The number of aromatic nitrogens is 4. The van der Waals surface area contributed by atoms with Crippen molar-refractivity contribution in [2.45, 2.75) is 47.2 Å². The molecular weight excluding hydrogens is 394 g/mol. The van der Waals surface area contributed by atoms with Crippen molar-refractivity contribution in [1.29, 1.82) is 0 Å². The van der Waals surface area contributed by atoms with Crippen LogP contribution in [0.3, 0.4) is 0 Å². The molecule has 30 heavy (non-hydrogen) atoms. The van der Waals surface area contributed by atoms with Gasteiger partial charge in [0.05, 0.1) is 22.5 Å². The van der Waals surface area contributed by atoms with E-state index in [1.54, 1.807) is 33.3 Å². The van der Waals surface area contributed by atoms with Crippen LogP contribution in [-0.2, 0) is 6.54 Å². The SMILES string of the molecule is Cc1cc(C)c2nc(N(Cc3cccnc3)C(=O)c3cc(C)nn3C(C)C)sc2c1. The zero-order valence-electron chi connectivity index (χ0n) is 17.9. The Kier molecular flexibility index (Phi) is 5.39. The number of fused-ring (bicyclic) bond motifs is 1. The first-order valence-corrected chi connectivity index (χ1v) is 10.8. The van der Waals surface area contributed by atoms with Crippen LogP contribution in [0, 0.1) is 20.8 Å². The average molecular weight is 420 g/mol. The molecule has 0 N–H and O–H groups in total. The number of hydrogen-bond donors (Lipinski definition) is 0. The van der Waals surface area contributed by atoms with E-state index in [0.717, 1.165) is 27.0 Å². The fourth-order valence-corrected chi connectivity index (χ4v) is 4.72. The van der Waals surface area contributed by atoms with Crippen LogP contribution in [0.25, 0.3) is 10.2 Å². The summed E-state index contributed by atoms with van der Waals surface area (Å²) in [4.78, 5) is 24.5. The summed E-state index contributed by atoms with van der Waals surface area (Å²) in [5.74, 6) is -0.110. The maximum atomic E-state index is 13.7. The zero-order chi connectivity index (χ0) is 21.4. The minimum atomic E-state index is -0.110. The van der Waals surface area contributed by atoms with E-state index >= 15 is 0 Å². The second-order valence-electron chi connectivity index (χ2n) is 7.89. The van der Waals surface area contributed by atoms with Crippen LogP contribution in [-0.4, -0.2) is 25.7 Å². The van der Waals surface area contributed by atoms with Crippen LogP contribution in [0.4, 0.5) is 5.13 Å². The Morgan fingerprint density at radius 2 is 2.00 bits per heavy atom. The number of rotatable bonds is 5. The third kappa shape index (κ3) is 3.85. The van der Waals surface area contributed by atoms with Crippen LogP contribution in [0.15, 0.2) is 42.7 Å². The fraction of sp³-hybridized carbons (Fsp3) is 0.304.